The monoisotopic (exact) mass is 333 g/mol. The molecule has 0 aliphatic carbocycles. The van der Waals surface area contributed by atoms with Crippen molar-refractivity contribution >= 4 is 16.8 Å². The van der Waals surface area contributed by atoms with Gasteiger partial charge in [0.1, 0.15) is 0 Å². The average molecular weight is 333 g/mol. The second kappa shape index (κ2) is 5.99. The molecule has 0 aliphatic rings. The van der Waals surface area contributed by atoms with Crippen molar-refractivity contribution in [3.63, 3.8) is 0 Å². The number of hydrogen-bond donors (Lipinski definition) is 2. The Morgan fingerprint density at radius 1 is 1.25 bits per heavy atom. The lowest BCUT2D eigenvalue weighted by atomic mass is 9.97. The molecule has 1 amide bonds. The third-order valence-electron chi connectivity index (χ3n) is 3.66. The zero-order valence-electron chi connectivity index (χ0n) is 12.7. The van der Waals surface area contributed by atoms with Gasteiger partial charge in [-0.2, -0.15) is 18.3 Å². The van der Waals surface area contributed by atoms with Gasteiger partial charge in [-0.1, -0.05) is 12.1 Å². The number of aromatic amines is 1. The summed E-state index contributed by atoms with van der Waals surface area (Å²) >= 11 is 0. The van der Waals surface area contributed by atoms with Gasteiger partial charge in [0.05, 0.1) is 17.3 Å². The van der Waals surface area contributed by atoms with Gasteiger partial charge in [0.15, 0.2) is 0 Å². The minimum absolute atomic E-state index is 0.269. The number of aromatic nitrogens is 2. The van der Waals surface area contributed by atoms with Crippen LogP contribution in [0, 0.1) is 0 Å². The minimum Gasteiger partial charge on any atom is -0.352 e. The van der Waals surface area contributed by atoms with Crippen LogP contribution in [0.3, 0.4) is 0 Å². The largest absolute Gasteiger partial charge is 0.416 e. The van der Waals surface area contributed by atoms with Gasteiger partial charge in [-0.15, -0.1) is 0 Å². The number of nitrogens with one attached hydrogen (secondary N) is 2. The van der Waals surface area contributed by atoms with E-state index in [1.165, 1.54) is 6.20 Å². The number of alkyl halides is 3. The smallest absolute Gasteiger partial charge is 0.352 e. The lowest BCUT2D eigenvalue weighted by Gasteiger charge is -2.11. The first kappa shape index (κ1) is 16.0. The first-order valence-electron chi connectivity index (χ1n) is 7.33. The number of benzene rings is 2. The summed E-state index contributed by atoms with van der Waals surface area (Å²) in [5.41, 5.74) is 0.820. The number of fused-ring (bicyclic) bond motifs is 1. The highest BCUT2D eigenvalue weighted by Gasteiger charge is 2.31. The van der Waals surface area contributed by atoms with Gasteiger partial charge in [0, 0.05) is 17.5 Å². The standard InChI is InChI=1S/C17H14F3N3O/c1-2-21-16(24)11-5-3-4-10(6-11)13-7-12(17(18,19)20)8-15-14(13)9-22-23-15/h3-9H,2H2,1H3,(H,21,24)(H,22,23). The Labute approximate surface area is 135 Å². The molecule has 0 radical (unpaired) electrons. The number of carbonyl (C=O) groups is 1. The Hall–Kier alpha value is -2.83. The first-order valence-corrected chi connectivity index (χ1v) is 7.33. The summed E-state index contributed by atoms with van der Waals surface area (Å²) in [6.45, 7) is 2.27. The number of amides is 1. The third kappa shape index (κ3) is 2.97. The summed E-state index contributed by atoms with van der Waals surface area (Å²) in [5.74, 6) is -0.269. The van der Waals surface area contributed by atoms with Crippen LogP contribution in [0.5, 0.6) is 0 Å². The molecular weight excluding hydrogens is 319 g/mol. The van der Waals surface area contributed by atoms with Crippen LogP contribution in [0.25, 0.3) is 22.0 Å². The SMILES string of the molecule is CCNC(=O)c1cccc(-c2cc(C(F)(F)F)cc3[nH]ncc23)c1. The minimum atomic E-state index is -4.47. The maximum absolute atomic E-state index is 13.1. The topological polar surface area (TPSA) is 57.8 Å². The zero-order valence-corrected chi connectivity index (χ0v) is 12.7. The van der Waals surface area contributed by atoms with Crippen LogP contribution in [-0.2, 0) is 6.18 Å². The highest BCUT2D eigenvalue weighted by Crippen LogP contribution is 2.36. The number of hydrogen-bond acceptors (Lipinski definition) is 2. The van der Waals surface area contributed by atoms with E-state index in [2.05, 4.69) is 15.5 Å². The van der Waals surface area contributed by atoms with Crippen LogP contribution < -0.4 is 5.32 Å². The number of carbonyl (C=O) groups excluding carboxylic acids is 1. The Morgan fingerprint density at radius 2 is 2.04 bits per heavy atom. The normalized spacial score (nSPS) is 11.7. The van der Waals surface area contributed by atoms with Gasteiger partial charge in [0.25, 0.3) is 5.91 Å². The fraction of sp³-hybridized carbons (Fsp3) is 0.176. The van der Waals surface area contributed by atoms with E-state index in [1.807, 2.05) is 0 Å². The Morgan fingerprint density at radius 3 is 2.75 bits per heavy atom. The quantitative estimate of drug-likeness (QED) is 0.761. The molecular formula is C17H14F3N3O. The van der Waals surface area contributed by atoms with Crippen LogP contribution >= 0.6 is 0 Å². The second-order valence-corrected chi connectivity index (χ2v) is 5.29. The zero-order chi connectivity index (χ0) is 17.3. The average Bonchev–Trinajstić information content (AvgIpc) is 3.02. The molecule has 0 bridgehead atoms. The highest BCUT2D eigenvalue weighted by molar-refractivity contribution is 5.99. The molecule has 1 aromatic heterocycles. The van der Waals surface area contributed by atoms with Crippen LogP contribution in [0.1, 0.15) is 22.8 Å². The van der Waals surface area contributed by atoms with E-state index in [-0.39, 0.29) is 5.91 Å². The Bertz CT molecular complexity index is 899. The summed E-state index contributed by atoms with van der Waals surface area (Å²) < 4.78 is 39.4. The molecule has 4 nitrogen and oxygen atoms in total. The molecule has 0 spiro atoms. The van der Waals surface area contributed by atoms with Crippen LogP contribution in [0.15, 0.2) is 42.6 Å². The lowest BCUT2D eigenvalue weighted by molar-refractivity contribution is -0.137. The van der Waals surface area contributed by atoms with Crippen molar-refractivity contribution in [2.45, 2.75) is 13.1 Å². The second-order valence-electron chi connectivity index (χ2n) is 5.29. The molecule has 0 fully saturated rings. The molecule has 0 saturated heterocycles. The molecule has 0 unspecified atom stereocenters. The summed E-state index contributed by atoms with van der Waals surface area (Å²) in [5, 5.41) is 9.63. The fourth-order valence-corrected chi connectivity index (χ4v) is 2.54. The molecule has 1 heterocycles. The van der Waals surface area contributed by atoms with Gasteiger partial charge in [-0.25, -0.2) is 0 Å². The molecule has 124 valence electrons. The maximum atomic E-state index is 13.1. The van der Waals surface area contributed by atoms with E-state index in [9.17, 15) is 18.0 Å². The third-order valence-corrected chi connectivity index (χ3v) is 3.66. The molecule has 2 aromatic carbocycles. The highest BCUT2D eigenvalue weighted by atomic mass is 19.4. The van der Waals surface area contributed by atoms with E-state index in [1.54, 1.807) is 31.2 Å². The summed E-state index contributed by atoms with van der Waals surface area (Å²) in [6.07, 6.45) is -2.99. The predicted molar refractivity (Wildman–Crippen MR) is 84.5 cm³/mol. The van der Waals surface area contributed by atoms with Crippen molar-refractivity contribution in [2.24, 2.45) is 0 Å². The molecule has 0 saturated carbocycles. The van der Waals surface area contributed by atoms with E-state index in [4.69, 9.17) is 0 Å². The van der Waals surface area contributed by atoms with Gasteiger partial charge >= 0.3 is 6.18 Å². The first-order chi connectivity index (χ1) is 11.4. The molecule has 3 aromatic rings. The van der Waals surface area contributed by atoms with Crippen molar-refractivity contribution in [3.05, 3.63) is 53.7 Å². The summed E-state index contributed by atoms with van der Waals surface area (Å²) in [6, 6.07) is 8.62. The van der Waals surface area contributed by atoms with Crippen molar-refractivity contribution in [3.8, 4) is 11.1 Å². The predicted octanol–water partition coefficient (Wildman–Crippen LogP) is 4.00. The molecule has 3 rings (SSSR count). The maximum Gasteiger partial charge on any atom is 0.416 e. The lowest BCUT2D eigenvalue weighted by Crippen LogP contribution is -2.22. The van der Waals surface area contributed by atoms with E-state index in [0.717, 1.165) is 12.1 Å². The van der Waals surface area contributed by atoms with Gasteiger partial charge in [0.2, 0.25) is 0 Å². The van der Waals surface area contributed by atoms with Crippen molar-refractivity contribution < 1.29 is 18.0 Å². The van der Waals surface area contributed by atoms with Crippen molar-refractivity contribution in [2.75, 3.05) is 6.54 Å². The van der Waals surface area contributed by atoms with Gasteiger partial charge < -0.3 is 5.32 Å². The molecule has 0 aliphatic heterocycles. The summed E-state index contributed by atoms with van der Waals surface area (Å²) in [4.78, 5) is 12.0. The number of nitrogens with zero attached hydrogens (tertiary/aromatic N) is 1. The summed E-state index contributed by atoms with van der Waals surface area (Å²) in [7, 11) is 0. The number of halogens is 3. The van der Waals surface area contributed by atoms with Crippen molar-refractivity contribution in [1.29, 1.82) is 0 Å². The van der Waals surface area contributed by atoms with E-state index >= 15 is 0 Å². The van der Waals surface area contributed by atoms with Crippen molar-refractivity contribution in [1.82, 2.24) is 15.5 Å². The van der Waals surface area contributed by atoms with Gasteiger partial charge in [-0.05, 0) is 42.3 Å². The van der Waals surface area contributed by atoms with Gasteiger partial charge in [-0.3, -0.25) is 9.89 Å². The molecule has 2 N–H and O–H groups in total. The van der Waals surface area contributed by atoms with E-state index in [0.29, 0.717) is 34.1 Å². The molecule has 0 atom stereocenters. The Kier molecular flexibility index (Phi) is 4.01. The number of rotatable bonds is 3. The van der Waals surface area contributed by atoms with Crippen LogP contribution in [0.2, 0.25) is 0 Å². The van der Waals surface area contributed by atoms with Crippen LogP contribution in [0.4, 0.5) is 13.2 Å². The molecule has 24 heavy (non-hydrogen) atoms. The fourth-order valence-electron chi connectivity index (χ4n) is 2.54. The number of H-pyrrole nitrogens is 1. The Balaban J connectivity index is 2.17. The van der Waals surface area contributed by atoms with E-state index < -0.39 is 11.7 Å². The molecule has 7 heteroatoms. The van der Waals surface area contributed by atoms with Crippen LogP contribution in [-0.4, -0.2) is 22.6 Å².